The Balaban J connectivity index is 1.27. The summed E-state index contributed by atoms with van der Waals surface area (Å²) < 4.78 is 5.82. The van der Waals surface area contributed by atoms with E-state index in [0.29, 0.717) is 35.5 Å². The van der Waals surface area contributed by atoms with Crippen LogP contribution in [0.2, 0.25) is 0 Å². The molecule has 0 unspecified atom stereocenters. The van der Waals surface area contributed by atoms with E-state index in [4.69, 9.17) is 4.42 Å². The van der Waals surface area contributed by atoms with E-state index >= 15 is 0 Å². The lowest BCUT2D eigenvalue weighted by atomic mass is 9.82. The minimum atomic E-state index is -0.00682. The first-order chi connectivity index (χ1) is 13.7. The Hall–Kier alpha value is -3.09. The van der Waals surface area contributed by atoms with Crippen molar-refractivity contribution in [1.29, 1.82) is 0 Å². The predicted octanol–water partition coefficient (Wildman–Crippen LogP) is 3.54. The molecule has 1 fully saturated rings. The van der Waals surface area contributed by atoms with Crippen molar-refractivity contribution in [2.75, 3.05) is 6.54 Å². The van der Waals surface area contributed by atoms with Gasteiger partial charge in [0, 0.05) is 30.4 Å². The first-order valence-electron chi connectivity index (χ1n) is 9.63. The molecule has 4 rings (SSSR count). The quantitative estimate of drug-likeness (QED) is 0.731. The van der Waals surface area contributed by atoms with Crippen LogP contribution in [0.3, 0.4) is 0 Å². The number of amides is 1. The SMILES string of the molecule is Cc1ccc(C(=O)NCC2CCC(c3nnc(-c4cnccn4)o3)CC2)cc1. The third-order valence-electron chi connectivity index (χ3n) is 5.28. The third-order valence-corrected chi connectivity index (χ3v) is 5.28. The van der Waals surface area contributed by atoms with Crippen molar-refractivity contribution < 1.29 is 9.21 Å². The van der Waals surface area contributed by atoms with Crippen molar-refractivity contribution in [2.24, 2.45) is 5.92 Å². The Morgan fingerprint density at radius 3 is 2.61 bits per heavy atom. The van der Waals surface area contributed by atoms with Gasteiger partial charge in [0.05, 0.1) is 6.20 Å². The van der Waals surface area contributed by atoms with Gasteiger partial charge < -0.3 is 9.73 Å². The highest BCUT2D eigenvalue weighted by Gasteiger charge is 2.27. The van der Waals surface area contributed by atoms with Gasteiger partial charge in [0.1, 0.15) is 5.69 Å². The van der Waals surface area contributed by atoms with Crippen molar-refractivity contribution in [2.45, 2.75) is 38.5 Å². The summed E-state index contributed by atoms with van der Waals surface area (Å²) in [5, 5.41) is 11.4. The monoisotopic (exact) mass is 377 g/mol. The standard InChI is InChI=1S/C21H23N5O2/c1-14-2-6-16(7-3-14)19(27)24-12-15-4-8-17(9-5-15)20-25-26-21(28-20)18-13-22-10-11-23-18/h2-3,6-7,10-11,13,15,17H,4-5,8-9,12H2,1H3,(H,24,27). The van der Waals surface area contributed by atoms with Gasteiger partial charge in [-0.25, -0.2) is 4.98 Å². The number of rotatable bonds is 5. The lowest BCUT2D eigenvalue weighted by molar-refractivity contribution is 0.0942. The summed E-state index contributed by atoms with van der Waals surface area (Å²) in [4.78, 5) is 20.5. The van der Waals surface area contributed by atoms with Crippen LogP contribution in [-0.2, 0) is 0 Å². The van der Waals surface area contributed by atoms with Crippen LogP contribution in [0.15, 0.2) is 47.3 Å². The van der Waals surface area contributed by atoms with Crippen LogP contribution >= 0.6 is 0 Å². The van der Waals surface area contributed by atoms with E-state index in [9.17, 15) is 4.79 Å². The molecule has 1 aliphatic carbocycles. The number of benzene rings is 1. The molecule has 0 saturated heterocycles. The number of carbonyl (C=O) groups is 1. The molecule has 3 aromatic rings. The molecule has 7 heteroatoms. The van der Waals surface area contributed by atoms with E-state index < -0.39 is 0 Å². The highest BCUT2D eigenvalue weighted by Crippen LogP contribution is 2.35. The molecule has 1 aliphatic rings. The number of nitrogens with zero attached hydrogens (tertiary/aromatic N) is 4. The molecule has 2 heterocycles. The minimum absolute atomic E-state index is 0.00682. The van der Waals surface area contributed by atoms with E-state index in [1.807, 2.05) is 31.2 Å². The lowest BCUT2D eigenvalue weighted by Crippen LogP contribution is -2.31. The van der Waals surface area contributed by atoms with Crippen LogP contribution in [0.1, 0.15) is 53.4 Å². The Bertz CT molecular complexity index is 915. The second-order valence-electron chi connectivity index (χ2n) is 7.33. The van der Waals surface area contributed by atoms with Gasteiger partial charge >= 0.3 is 0 Å². The van der Waals surface area contributed by atoms with E-state index in [1.54, 1.807) is 18.6 Å². The first kappa shape index (κ1) is 18.3. The molecule has 28 heavy (non-hydrogen) atoms. The molecule has 0 radical (unpaired) electrons. The zero-order chi connectivity index (χ0) is 19.3. The Labute approximate surface area is 163 Å². The van der Waals surface area contributed by atoms with Crippen LogP contribution in [0, 0.1) is 12.8 Å². The third kappa shape index (κ3) is 4.24. The fraction of sp³-hybridized carbons (Fsp3) is 0.381. The molecule has 0 spiro atoms. The molecule has 0 bridgehead atoms. The van der Waals surface area contributed by atoms with Gasteiger partial charge in [-0.1, -0.05) is 17.7 Å². The van der Waals surface area contributed by atoms with Gasteiger partial charge in [-0.2, -0.15) is 0 Å². The summed E-state index contributed by atoms with van der Waals surface area (Å²) in [6, 6.07) is 7.65. The van der Waals surface area contributed by atoms with Crippen LogP contribution in [0.25, 0.3) is 11.6 Å². The maximum atomic E-state index is 12.3. The van der Waals surface area contributed by atoms with E-state index in [2.05, 4.69) is 25.5 Å². The molecule has 0 atom stereocenters. The minimum Gasteiger partial charge on any atom is -0.419 e. The molecular formula is C21H23N5O2. The smallest absolute Gasteiger partial charge is 0.267 e. The van der Waals surface area contributed by atoms with E-state index in [1.165, 1.54) is 0 Å². The van der Waals surface area contributed by atoms with Crippen molar-refractivity contribution in [3.05, 3.63) is 59.9 Å². The second kappa shape index (κ2) is 8.29. The summed E-state index contributed by atoms with van der Waals surface area (Å²) in [5.41, 5.74) is 2.45. The first-order valence-corrected chi connectivity index (χ1v) is 9.63. The molecule has 1 amide bonds. The van der Waals surface area contributed by atoms with Crippen molar-refractivity contribution in [3.63, 3.8) is 0 Å². The molecule has 2 aromatic heterocycles. The predicted molar refractivity (Wildman–Crippen MR) is 104 cm³/mol. The summed E-state index contributed by atoms with van der Waals surface area (Å²) in [5.74, 6) is 1.82. The maximum absolute atomic E-state index is 12.3. The molecule has 1 saturated carbocycles. The highest BCUT2D eigenvalue weighted by atomic mass is 16.4. The van der Waals surface area contributed by atoms with Gasteiger partial charge in [0.2, 0.25) is 5.89 Å². The number of aromatic nitrogens is 4. The molecule has 1 aromatic carbocycles. The fourth-order valence-corrected chi connectivity index (χ4v) is 3.57. The largest absolute Gasteiger partial charge is 0.419 e. The number of carbonyl (C=O) groups excluding carboxylic acids is 1. The normalized spacial score (nSPS) is 19.3. The topological polar surface area (TPSA) is 93.8 Å². The van der Waals surface area contributed by atoms with Gasteiger partial charge in [-0.15, -0.1) is 10.2 Å². The molecule has 1 N–H and O–H groups in total. The number of aryl methyl sites for hydroxylation is 1. The Morgan fingerprint density at radius 2 is 1.89 bits per heavy atom. The average molecular weight is 377 g/mol. The Morgan fingerprint density at radius 1 is 1.11 bits per heavy atom. The van der Waals surface area contributed by atoms with Gasteiger partial charge in [0.25, 0.3) is 11.8 Å². The number of hydrogen-bond acceptors (Lipinski definition) is 6. The molecule has 0 aliphatic heterocycles. The van der Waals surface area contributed by atoms with Crippen molar-refractivity contribution >= 4 is 5.91 Å². The van der Waals surface area contributed by atoms with Crippen LogP contribution in [0.5, 0.6) is 0 Å². The number of hydrogen-bond donors (Lipinski definition) is 1. The van der Waals surface area contributed by atoms with Crippen LogP contribution < -0.4 is 5.32 Å². The van der Waals surface area contributed by atoms with E-state index in [-0.39, 0.29) is 11.8 Å². The summed E-state index contributed by atoms with van der Waals surface area (Å²) in [6.07, 6.45) is 8.85. The average Bonchev–Trinajstić information content (AvgIpc) is 3.24. The zero-order valence-electron chi connectivity index (χ0n) is 15.8. The van der Waals surface area contributed by atoms with Crippen LogP contribution in [-0.4, -0.2) is 32.6 Å². The van der Waals surface area contributed by atoms with Crippen LogP contribution in [0.4, 0.5) is 0 Å². The van der Waals surface area contributed by atoms with E-state index in [0.717, 1.165) is 31.2 Å². The molecule has 7 nitrogen and oxygen atoms in total. The van der Waals surface area contributed by atoms with Crippen molar-refractivity contribution in [3.8, 4) is 11.6 Å². The maximum Gasteiger partial charge on any atom is 0.267 e. The van der Waals surface area contributed by atoms with Gasteiger partial charge in [0.15, 0.2) is 0 Å². The molecule has 144 valence electrons. The second-order valence-corrected chi connectivity index (χ2v) is 7.33. The summed E-state index contributed by atoms with van der Waals surface area (Å²) in [7, 11) is 0. The zero-order valence-corrected chi connectivity index (χ0v) is 15.8. The fourth-order valence-electron chi connectivity index (χ4n) is 3.57. The summed E-state index contributed by atoms with van der Waals surface area (Å²) in [6.45, 7) is 2.72. The lowest BCUT2D eigenvalue weighted by Gasteiger charge is -2.26. The summed E-state index contributed by atoms with van der Waals surface area (Å²) >= 11 is 0. The number of nitrogens with one attached hydrogen (secondary N) is 1. The van der Waals surface area contributed by atoms with Gasteiger partial charge in [-0.3, -0.25) is 9.78 Å². The van der Waals surface area contributed by atoms with Gasteiger partial charge in [-0.05, 0) is 50.7 Å². The molecular weight excluding hydrogens is 354 g/mol. The highest BCUT2D eigenvalue weighted by molar-refractivity contribution is 5.94. The van der Waals surface area contributed by atoms with Crippen molar-refractivity contribution in [1.82, 2.24) is 25.5 Å². The Kier molecular flexibility index (Phi) is 5.41.